The lowest BCUT2D eigenvalue weighted by Gasteiger charge is -2.16. The quantitative estimate of drug-likeness (QED) is 0.571. The number of ether oxygens (including phenoxy) is 1. The van der Waals surface area contributed by atoms with Gasteiger partial charge in [0.25, 0.3) is 0 Å². The van der Waals surface area contributed by atoms with Crippen molar-refractivity contribution in [3.05, 3.63) is 36.8 Å². The van der Waals surface area contributed by atoms with Gasteiger partial charge in [0.1, 0.15) is 12.1 Å². The summed E-state index contributed by atoms with van der Waals surface area (Å²) >= 11 is 0. The highest BCUT2D eigenvalue weighted by atomic mass is 19.3. The van der Waals surface area contributed by atoms with Crippen molar-refractivity contribution >= 4 is 16.7 Å². The molecule has 0 radical (unpaired) electrons. The predicted molar refractivity (Wildman–Crippen MR) is 77.4 cm³/mol. The van der Waals surface area contributed by atoms with Crippen LogP contribution in [0.2, 0.25) is 0 Å². The fourth-order valence-electron chi connectivity index (χ4n) is 2.26. The number of halogens is 4. The fourth-order valence-corrected chi connectivity index (χ4v) is 2.26. The van der Waals surface area contributed by atoms with E-state index >= 15 is 0 Å². The molecule has 4 rings (SSSR count). The molecule has 0 saturated heterocycles. The Bertz CT molecular complexity index is 1060. The number of rotatable bonds is 4. The number of nitrogens with one attached hydrogen (secondary N) is 1. The van der Waals surface area contributed by atoms with Gasteiger partial charge in [0.05, 0.1) is 11.6 Å². The van der Waals surface area contributed by atoms with E-state index in [2.05, 4.69) is 30.0 Å². The highest BCUT2D eigenvalue weighted by molar-refractivity contribution is 5.88. The monoisotopic (exact) mass is 352 g/mol. The zero-order chi connectivity index (χ0) is 17.6. The molecule has 128 valence electrons. The lowest BCUT2D eigenvalue weighted by atomic mass is 10.2. The summed E-state index contributed by atoms with van der Waals surface area (Å²) in [6, 6.07) is 5.22. The highest BCUT2D eigenvalue weighted by Crippen LogP contribution is 2.30. The van der Waals surface area contributed by atoms with E-state index < -0.39 is 18.3 Å². The molecule has 4 aromatic rings. The third-order valence-corrected chi connectivity index (χ3v) is 3.39. The first-order valence-corrected chi connectivity index (χ1v) is 6.94. The summed E-state index contributed by atoms with van der Waals surface area (Å²) in [5.41, 5.74) is 1.29. The summed E-state index contributed by atoms with van der Waals surface area (Å²) < 4.78 is 56.1. The summed E-state index contributed by atoms with van der Waals surface area (Å²) in [4.78, 5) is 8.41. The molecule has 0 unspecified atom stereocenters. The zero-order valence-corrected chi connectivity index (χ0v) is 12.2. The maximum absolute atomic E-state index is 13.0. The van der Waals surface area contributed by atoms with Crippen LogP contribution < -0.4 is 4.74 Å². The van der Waals surface area contributed by atoms with Crippen molar-refractivity contribution in [2.45, 2.75) is 12.5 Å². The molecule has 0 aliphatic rings. The van der Waals surface area contributed by atoms with Crippen LogP contribution in [0.25, 0.3) is 28.1 Å². The van der Waals surface area contributed by atoms with Gasteiger partial charge in [-0.1, -0.05) is 12.1 Å². The van der Waals surface area contributed by atoms with Crippen LogP contribution in [0.3, 0.4) is 0 Å². The predicted octanol–water partition coefficient (Wildman–Crippen LogP) is 2.90. The summed E-state index contributed by atoms with van der Waals surface area (Å²) in [6.07, 6.45) is -5.58. The average Bonchev–Trinajstić information content (AvgIpc) is 3.20. The van der Waals surface area contributed by atoms with Gasteiger partial charge < -0.3 is 4.74 Å². The van der Waals surface area contributed by atoms with Crippen molar-refractivity contribution in [1.29, 1.82) is 0 Å². The number of alkyl halides is 4. The Kier molecular flexibility index (Phi) is 3.30. The maximum Gasteiger partial charge on any atom is 0.461 e. The third kappa shape index (κ3) is 2.62. The molecule has 3 aromatic heterocycles. The number of fused-ring (bicyclic) bond motifs is 3. The van der Waals surface area contributed by atoms with E-state index in [0.29, 0.717) is 22.2 Å². The van der Waals surface area contributed by atoms with E-state index in [1.165, 1.54) is 23.1 Å². The van der Waals surface area contributed by atoms with Crippen LogP contribution in [0, 0.1) is 0 Å². The van der Waals surface area contributed by atoms with Gasteiger partial charge in [0.15, 0.2) is 17.1 Å². The van der Waals surface area contributed by atoms with Crippen molar-refractivity contribution in [2.24, 2.45) is 0 Å². The van der Waals surface area contributed by atoms with Crippen molar-refractivity contribution in [3.63, 3.8) is 0 Å². The molecule has 0 amide bonds. The SMILES string of the molecule is FC(F)C(F)(F)Oc1cccc(-c2nc3c4cn[nH]c4ncn3n2)c1. The smallest absolute Gasteiger partial charge is 0.428 e. The average molecular weight is 352 g/mol. The van der Waals surface area contributed by atoms with E-state index in [9.17, 15) is 17.6 Å². The maximum atomic E-state index is 13.0. The number of nitrogens with zero attached hydrogens (tertiary/aromatic N) is 5. The second kappa shape index (κ2) is 5.40. The lowest BCUT2D eigenvalue weighted by molar-refractivity contribution is -0.253. The van der Waals surface area contributed by atoms with E-state index in [-0.39, 0.29) is 5.82 Å². The largest absolute Gasteiger partial charge is 0.461 e. The Morgan fingerprint density at radius 1 is 1.24 bits per heavy atom. The van der Waals surface area contributed by atoms with Crippen molar-refractivity contribution in [1.82, 2.24) is 29.8 Å². The van der Waals surface area contributed by atoms with Crippen LogP contribution in [0.1, 0.15) is 0 Å². The number of benzene rings is 1. The van der Waals surface area contributed by atoms with Crippen LogP contribution in [0.5, 0.6) is 5.75 Å². The molecule has 0 aliphatic carbocycles. The zero-order valence-electron chi connectivity index (χ0n) is 12.2. The molecule has 11 heteroatoms. The Morgan fingerprint density at radius 3 is 2.88 bits per heavy atom. The Labute approximate surface area is 136 Å². The van der Waals surface area contributed by atoms with Crippen LogP contribution in [-0.4, -0.2) is 42.3 Å². The summed E-state index contributed by atoms with van der Waals surface area (Å²) in [7, 11) is 0. The molecule has 25 heavy (non-hydrogen) atoms. The van der Waals surface area contributed by atoms with Crippen molar-refractivity contribution < 1.29 is 22.3 Å². The van der Waals surface area contributed by atoms with Crippen LogP contribution in [0.4, 0.5) is 17.6 Å². The van der Waals surface area contributed by atoms with E-state index in [1.807, 2.05) is 0 Å². The lowest BCUT2D eigenvalue weighted by Crippen LogP contribution is -2.33. The second-order valence-electron chi connectivity index (χ2n) is 5.07. The molecule has 0 atom stereocenters. The number of aromatic amines is 1. The summed E-state index contributed by atoms with van der Waals surface area (Å²) in [5.74, 6) is -0.227. The van der Waals surface area contributed by atoms with E-state index in [4.69, 9.17) is 0 Å². The standard InChI is InChI=1S/C14H8F4N6O/c15-13(16)14(17,18)25-8-3-1-2-7(4-8)10-21-12-9-5-20-22-11(9)19-6-24(12)23-10/h1-6,13H,(H,20,22). The van der Waals surface area contributed by atoms with Gasteiger partial charge in [-0.3, -0.25) is 5.10 Å². The van der Waals surface area contributed by atoms with Crippen LogP contribution in [0.15, 0.2) is 36.8 Å². The molecule has 0 spiro atoms. The molecule has 0 bridgehead atoms. The number of hydrogen-bond donors (Lipinski definition) is 1. The Hall–Kier alpha value is -3.24. The van der Waals surface area contributed by atoms with Gasteiger partial charge in [0, 0.05) is 5.56 Å². The molecular weight excluding hydrogens is 344 g/mol. The minimum absolute atomic E-state index is 0.196. The van der Waals surface area contributed by atoms with Crippen molar-refractivity contribution in [2.75, 3.05) is 0 Å². The molecule has 0 saturated carbocycles. The van der Waals surface area contributed by atoms with Gasteiger partial charge in [0.2, 0.25) is 0 Å². The first-order valence-electron chi connectivity index (χ1n) is 6.94. The van der Waals surface area contributed by atoms with Gasteiger partial charge in [-0.15, -0.1) is 5.10 Å². The second-order valence-corrected chi connectivity index (χ2v) is 5.07. The number of H-pyrrole nitrogens is 1. The minimum Gasteiger partial charge on any atom is -0.428 e. The third-order valence-electron chi connectivity index (χ3n) is 3.39. The van der Waals surface area contributed by atoms with Gasteiger partial charge >= 0.3 is 12.5 Å². The number of hydrogen-bond acceptors (Lipinski definition) is 5. The van der Waals surface area contributed by atoms with Gasteiger partial charge in [-0.2, -0.15) is 22.7 Å². The number of aromatic nitrogens is 6. The molecule has 0 fully saturated rings. The molecule has 1 aromatic carbocycles. The molecule has 7 nitrogen and oxygen atoms in total. The first kappa shape index (κ1) is 15.3. The first-order chi connectivity index (χ1) is 11.9. The van der Waals surface area contributed by atoms with Crippen LogP contribution >= 0.6 is 0 Å². The molecule has 1 N–H and O–H groups in total. The normalized spacial score (nSPS) is 12.4. The van der Waals surface area contributed by atoms with E-state index in [1.54, 1.807) is 6.07 Å². The van der Waals surface area contributed by atoms with Crippen LogP contribution in [-0.2, 0) is 0 Å². The van der Waals surface area contributed by atoms with Gasteiger partial charge in [-0.25, -0.2) is 14.5 Å². The van der Waals surface area contributed by atoms with Gasteiger partial charge in [-0.05, 0) is 12.1 Å². The Balaban J connectivity index is 1.75. The Morgan fingerprint density at radius 2 is 2.08 bits per heavy atom. The molecule has 3 heterocycles. The van der Waals surface area contributed by atoms with Crippen molar-refractivity contribution in [3.8, 4) is 17.1 Å². The van der Waals surface area contributed by atoms with E-state index in [0.717, 1.165) is 12.1 Å². The summed E-state index contributed by atoms with van der Waals surface area (Å²) in [6.45, 7) is 0. The summed E-state index contributed by atoms with van der Waals surface area (Å²) in [5, 5.41) is 11.4. The fraction of sp³-hybridized carbons (Fsp3) is 0.143. The highest BCUT2D eigenvalue weighted by Gasteiger charge is 2.44. The topological polar surface area (TPSA) is 81.0 Å². The molecular formula is C14H8F4N6O. The minimum atomic E-state index is -4.59. The molecule has 0 aliphatic heterocycles.